The summed E-state index contributed by atoms with van der Waals surface area (Å²) in [5, 5.41) is 0.222. The Hall–Kier alpha value is -2.02. The molecule has 8 heteroatoms. The van der Waals surface area contributed by atoms with E-state index in [-0.39, 0.29) is 30.3 Å². The number of nitrogens with two attached hydrogens (primary N) is 1. The molecule has 0 bridgehead atoms. The molecule has 0 aromatic heterocycles. The second-order valence-electron chi connectivity index (χ2n) is 4.90. The molecule has 2 N–H and O–H groups in total. The summed E-state index contributed by atoms with van der Waals surface area (Å²) >= 11 is 6.01. The van der Waals surface area contributed by atoms with E-state index in [2.05, 4.69) is 0 Å². The van der Waals surface area contributed by atoms with Crippen molar-refractivity contribution in [2.24, 2.45) is 5.73 Å². The Morgan fingerprint density at radius 2 is 2.14 bits per heavy atom. The highest BCUT2D eigenvalue weighted by atomic mass is 35.5. The van der Waals surface area contributed by atoms with Gasteiger partial charge in [0.25, 0.3) is 5.91 Å². The summed E-state index contributed by atoms with van der Waals surface area (Å²) in [6.07, 6.45) is -1.35. The third-order valence-corrected chi connectivity index (χ3v) is 3.79. The van der Waals surface area contributed by atoms with Gasteiger partial charge in [0.15, 0.2) is 11.5 Å². The molecule has 2 aliphatic rings. The van der Waals surface area contributed by atoms with Crippen molar-refractivity contribution < 1.29 is 23.5 Å². The monoisotopic (exact) mass is 314 g/mol. The van der Waals surface area contributed by atoms with Crippen LogP contribution in [-0.4, -0.2) is 42.3 Å². The number of alkyl halides is 1. The largest absolute Gasteiger partial charge is 0.454 e. The van der Waals surface area contributed by atoms with Gasteiger partial charge in [-0.25, -0.2) is 4.39 Å². The van der Waals surface area contributed by atoms with Gasteiger partial charge in [0.05, 0.1) is 11.6 Å². The van der Waals surface area contributed by atoms with Gasteiger partial charge in [-0.3, -0.25) is 9.59 Å². The summed E-state index contributed by atoms with van der Waals surface area (Å²) in [4.78, 5) is 24.9. The van der Waals surface area contributed by atoms with Crippen LogP contribution in [0.1, 0.15) is 16.8 Å². The molecule has 3 rings (SSSR count). The summed E-state index contributed by atoms with van der Waals surface area (Å²) in [5.74, 6) is -0.531. The van der Waals surface area contributed by atoms with Gasteiger partial charge in [0.1, 0.15) is 12.2 Å². The molecule has 2 amide bonds. The third-order valence-electron chi connectivity index (χ3n) is 3.51. The van der Waals surface area contributed by atoms with Crippen LogP contribution in [-0.2, 0) is 4.79 Å². The van der Waals surface area contributed by atoms with Gasteiger partial charge >= 0.3 is 0 Å². The molecule has 1 aromatic rings. The second-order valence-corrected chi connectivity index (χ2v) is 5.31. The van der Waals surface area contributed by atoms with Crippen molar-refractivity contribution in [2.75, 3.05) is 13.3 Å². The van der Waals surface area contributed by atoms with Crippen LogP contribution < -0.4 is 15.2 Å². The highest BCUT2D eigenvalue weighted by Gasteiger charge is 2.39. The molecule has 0 aliphatic carbocycles. The maximum absolute atomic E-state index is 13.5. The minimum absolute atomic E-state index is 0.0207. The van der Waals surface area contributed by atoms with Gasteiger partial charge in [-0.15, -0.1) is 0 Å². The standard InChI is InChI=1S/C13H12ClFN2O4/c14-8-1-6(2-10-11(8)21-5-20-10)13(19)17-4-7(15)3-9(17)12(16)18/h1-2,7,9H,3-5H2,(H2,16,18)/t7-,9+/m1/s1. The maximum Gasteiger partial charge on any atom is 0.254 e. The zero-order valence-corrected chi connectivity index (χ0v) is 11.6. The van der Waals surface area contributed by atoms with Crippen molar-refractivity contribution in [3.63, 3.8) is 0 Å². The number of amides is 2. The van der Waals surface area contributed by atoms with E-state index in [1.807, 2.05) is 0 Å². The van der Waals surface area contributed by atoms with Gasteiger partial charge in [0, 0.05) is 12.0 Å². The SMILES string of the molecule is NC(=O)[C@@H]1C[C@@H](F)CN1C(=O)c1cc(Cl)c2c(c1)OCO2. The predicted molar refractivity (Wildman–Crippen MR) is 71.1 cm³/mol. The normalized spacial score (nSPS) is 23.4. The van der Waals surface area contributed by atoms with Crippen molar-refractivity contribution in [3.05, 3.63) is 22.7 Å². The molecule has 0 saturated carbocycles. The van der Waals surface area contributed by atoms with Gasteiger partial charge in [-0.05, 0) is 12.1 Å². The molecule has 6 nitrogen and oxygen atoms in total. The van der Waals surface area contributed by atoms with E-state index in [0.717, 1.165) is 4.90 Å². The number of rotatable bonds is 2. The number of carbonyl (C=O) groups is 2. The van der Waals surface area contributed by atoms with Crippen molar-refractivity contribution >= 4 is 23.4 Å². The quantitative estimate of drug-likeness (QED) is 0.886. The Bertz CT molecular complexity index is 624. The fraction of sp³-hybridized carbons (Fsp3) is 0.385. The van der Waals surface area contributed by atoms with Crippen LogP contribution >= 0.6 is 11.6 Å². The summed E-state index contributed by atoms with van der Waals surface area (Å²) in [7, 11) is 0. The number of benzene rings is 1. The summed E-state index contributed by atoms with van der Waals surface area (Å²) in [6.45, 7) is -0.147. The van der Waals surface area contributed by atoms with Crippen LogP contribution in [0.2, 0.25) is 5.02 Å². The van der Waals surface area contributed by atoms with Gasteiger partial charge in [-0.1, -0.05) is 11.6 Å². The number of hydrogen-bond donors (Lipinski definition) is 1. The fourth-order valence-electron chi connectivity index (χ4n) is 2.54. The van der Waals surface area contributed by atoms with E-state index < -0.39 is 24.0 Å². The summed E-state index contributed by atoms with van der Waals surface area (Å²) in [5.41, 5.74) is 5.41. The Labute approximate surface area is 124 Å². The van der Waals surface area contributed by atoms with Crippen LogP contribution in [0.4, 0.5) is 4.39 Å². The van der Waals surface area contributed by atoms with E-state index in [1.54, 1.807) is 0 Å². The van der Waals surface area contributed by atoms with Crippen molar-refractivity contribution in [1.29, 1.82) is 0 Å². The van der Waals surface area contributed by atoms with E-state index in [1.165, 1.54) is 12.1 Å². The number of carbonyl (C=O) groups excluding carboxylic acids is 2. The number of likely N-dealkylation sites (tertiary alicyclic amines) is 1. The van der Waals surface area contributed by atoms with Crippen LogP contribution in [0, 0.1) is 0 Å². The first-order valence-corrected chi connectivity index (χ1v) is 6.68. The lowest BCUT2D eigenvalue weighted by atomic mass is 10.1. The number of ether oxygens (including phenoxy) is 2. The average Bonchev–Trinajstić information content (AvgIpc) is 3.04. The van der Waals surface area contributed by atoms with E-state index in [0.29, 0.717) is 11.5 Å². The van der Waals surface area contributed by atoms with Gasteiger partial charge < -0.3 is 20.1 Å². The third kappa shape index (κ3) is 2.37. The molecule has 1 fully saturated rings. The van der Waals surface area contributed by atoms with E-state index in [4.69, 9.17) is 26.8 Å². The topological polar surface area (TPSA) is 81.9 Å². The predicted octanol–water partition coefficient (Wildman–Crippen LogP) is 1.11. The zero-order chi connectivity index (χ0) is 15.1. The van der Waals surface area contributed by atoms with Crippen LogP contribution in [0.3, 0.4) is 0 Å². The van der Waals surface area contributed by atoms with Gasteiger partial charge in [-0.2, -0.15) is 0 Å². The fourth-order valence-corrected chi connectivity index (χ4v) is 2.80. The average molecular weight is 315 g/mol. The highest BCUT2D eigenvalue weighted by Crippen LogP contribution is 2.40. The molecule has 2 heterocycles. The van der Waals surface area contributed by atoms with Crippen molar-refractivity contribution in [3.8, 4) is 11.5 Å². The number of halogens is 2. The minimum Gasteiger partial charge on any atom is -0.454 e. The van der Waals surface area contributed by atoms with Crippen LogP contribution in [0.15, 0.2) is 12.1 Å². The van der Waals surface area contributed by atoms with Crippen molar-refractivity contribution in [2.45, 2.75) is 18.6 Å². The lowest BCUT2D eigenvalue weighted by Crippen LogP contribution is -2.43. The summed E-state index contributed by atoms with van der Waals surface area (Å²) < 4.78 is 23.8. The molecule has 1 aromatic carbocycles. The Kier molecular flexibility index (Phi) is 3.36. The lowest BCUT2D eigenvalue weighted by Gasteiger charge is -2.22. The Balaban J connectivity index is 1.92. The number of fused-ring (bicyclic) bond motifs is 1. The maximum atomic E-state index is 13.5. The van der Waals surface area contributed by atoms with Crippen LogP contribution in [0.5, 0.6) is 11.5 Å². The highest BCUT2D eigenvalue weighted by molar-refractivity contribution is 6.32. The second kappa shape index (κ2) is 5.07. The molecule has 21 heavy (non-hydrogen) atoms. The minimum atomic E-state index is -1.27. The smallest absolute Gasteiger partial charge is 0.254 e. The molecule has 0 spiro atoms. The molecule has 0 unspecified atom stereocenters. The van der Waals surface area contributed by atoms with Crippen molar-refractivity contribution in [1.82, 2.24) is 4.90 Å². The first-order chi connectivity index (χ1) is 9.97. The number of hydrogen-bond acceptors (Lipinski definition) is 4. The first kappa shape index (κ1) is 13.9. The molecule has 2 aliphatic heterocycles. The number of primary amides is 1. The van der Waals surface area contributed by atoms with E-state index >= 15 is 0 Å². The molecular weight excluding hydrogens is 303 g/mol. The Morgan fingerprint density at radius 3 is 2.86 bits per heavy atom. The van der Waals surface area contributed by atoms with E-state index in [9.17, 15) is 14.0 Å². The molecule has 1 saturated heterocycles. The Morgan fingerprint density at radius 1 is 1.38 bits per heavy atom. The van der Waals surface area contributed by atoms with Crippen LogP contribution in [0.25, 0.3) is 0 Å². The molecule has 2 atom stereocenters. The molecule has 112 valence electrons. The van der Waals surface area contributed by atoms with Gasteiger partial charge in [0.2, 0.25) is 12.7 Å². The molecule has 0 radical (unpaired) electrons. The zero-order valence-electron chi connectivity index (χ0n) is 10.8. The molecular formula is C13H12ClFN2O4. The first-order valence-electron chi connectivity index (χ1n) is 6.31. The lowest BCUT2D eigenvalue weighted by molar-refractivity contribution is -0.121. The number of nitrogens with zero attached hydrogens (tertiary/aromatic N) is 1. The summed E-state index contributed by atoms with van der Waals surface area (Å²) in [6, 6.07) is 1.91.